The fourth-order valence-electron chi connectivity index (χ4n) is 2.50. The van der Waals surface area contributed by atoms with Crippen LogP contribution >= 0.6 is 11.6 Å². The number of nitrogens with zero attached hydrogens (tertiary/aromatic N) is 5. The van der Waals surface area contributed by atoms with Crippen LogP contribution in [0, 0.1) is 6.92 Å². The SMILES string of the molecule is Cc1nnc([C@H]2CN(CCn3cc(Cl)cn3)C[C@@H](C)O2)o1. The first-order valence-corrected chi connectivity index (χ1v) is 7.33. The van der Waals surface area contributed by atoms with Gasteiger partial charge in [-0.05, 0) is 6.92 Å². The van der Waals surface area contributed by atoms with E-state index in [4.69, 9.17) is 20.8 Å². The minimum absolute atomic E-state index is 0.122. The van der Waals surface area contributed by atoms with E-state index in [1.165, 1.54) is 0 Å². The molecule has 114 valence electrons. The predicted octanol–water partition coefficient (Wildman–Crippen LogP) is 1.69. The molecule has 1 fully saturated rings. The van der Waals surface area contributed by atoms with Crippen LogP contribution in [0.25, 0.3) is 0 Å². The lowest BCUT2D eigenvalue weighted by Crippen LogP contribution is -2.44. The third-order valence-electron chi connectivity index (χ3n) is 3.40. The van der Waals surface area contributed by atoms with Crippen molar-refractivity contribution in [1.82, 2.24) is 24.9 Å². The first-order valence-electron chi connectivity index (χ1n) is 6.96. The molecule has 0 aromatic carbocycles. The van der Waals surface area contributed by atoms with E-state index in [2.05, 4.69) is 20.2 Å². The lowest BCUT2D eigenvalue weighted by molar-refractivity contribution is -0.0900. The zero-order valence-electron chi connectivity index (χ0n) is 12.1. The van der Waals surface area contributed by atoms with E-state index in [9.17, 15) is 0 Å². The first-order chi connectivity index (χ1) is 10.1. The summed E-state index contributed by atoms with van der Waals surface area (Å²) < 4.78 is 13.2. The van der Waals surface area contributed by atoms with E-state index in [0.29, 0.717) is 16.8 Å². The van der Waals surface area contributed by atoms with Crippen molar-refractivity contribution in [1.29, 1.82) is 0 Å². The first kappa shape index (κ1) is 14.5. The average Bonchev–Trinajstić information content (AvgIpc) is 3.05. The van der Waals surface area contributed by atoms with Gasteiger partial charge in [-0.25, -0.2) is 0 Å². The summed E-state index contributed by atoms with van der Waals surface area (Å²) in [4.78, 5) is 2.31. The molecule has 3 rings (SSSR count). The highest BCUT2D eigenvalue weighted by Crippen LogP contribution is 2.24. The van der Waals surface area contributed by atoms with Crippen LogP contribution in [-0.4, -0.2) is 50.6 Å². The Morgan fingerprint density at radius 3 is 2.86 bits per heavy atom. The summed E-state index contributed by atoms with van der Waals surface area (Å²) in [6, 6.07) is 0. The summed E-state index contributed by atoms with van der Waals surface area (Å²) in [6.45, 7) is 7.10. The van der Waals surface area contributed by atoms with Crippen molar-refractivity contribution in [2.75, 3.05) is 19.6 Å². The van der Waals surface area contributed by atoms with Crippen molar-refractivity contribution in [3.05, 3.63) is 29.2 Å². The Morgan fingerprint density at radius 2 is 2.19 bits per heavy atom. The Kier molecular flexibility index (Phi) is 4.23. The molecule has 1 aliphatic rings. The summed E-state index contributed by atoms with van der Waals surface area (Å²) in [5.74, 6) is 1.11. The number of hydrogen-bond acceptors (Lipinski definition) is 6. The van der Waals surface area contributed by atoms with Gasteiger partial charge in [0.05, 0.1) is 23.9 Å². The zero-order valence-corrected chi connectivity index (χ0v) is 12.8. The van der Waals surface area contributed by atoms with Gasteiger partial charge in [-0.15, -0.1) is 10.2 Å². The van der Waals surface area contributed by atoms with E-state index in [0.717, 1.165) is 26.2 Å². The van der Waals surface area contributed by atoms with Crippen LogP contribution < -0.4 is 0 Å². The maximum absolute atomic E-state index is 5.89. The van der Waals surface area contributed by atoms with Gasteiger partial charge in [-0.1, -0.05) is 11.6 Å². The quantitative estimate of drug-likeness (QED) is 0.856. The van der Waals surface area contributed by atoms with Gasteiger partial charge in [0.2, 0.25) is 11.8 Å². The molecule has 0 N–H and O–H groups in total. The van der Waals surface area contributed by atoms with Gasteiger partial charge in [-0.2, -0.15) is 5.10 Å². The molecule has 7 nitrogen and oxygen atoms in total. The van der Waals surface area contributed by atoms with Crippen LogP contribution in [0.1, 0.15) is 24.8 Å². The zero-order chi connectivity index (χ0) is 14.8. The molecule has 0 saturated carbocycles. The Labute approximate surface area is 127 Å². The summed E-state index contributed by atoms with van der Waals surface area (Å²) in [5, 5.41) is 12.8. The average molecular weight is 312 g/mol. The molecule has 8 heteroatoms. The highest BCUT2D eigenvalue weighted by Gasteiger charge is 2.29. The van der Waals surface area contributed by atoms with E-state index in [-0.39, 0.29) is 12.2 Å². The summed E-state index contributed by atoms with van der Waals surface area (Å²) >= 11 is 5.87. The van der Waals surface area contributed by atoms with Crippen LogP contribution in [0.3, 0.4) is 0 Å². The Morgan fingerprint density at radius 1 is 1.33 bits per heavy atom. The maximum Gasteiger partial charge on any atom is 0.246 e. The number of halogens is 1. The van der Waals surface area contributed by atoms with Gasteiger partial charge in [-0.3, -0.25) is 9.58 Å². The van der Waals surface area contributed by atoms with Crippen LogP contribution in [0.2, 0.25) is 5.02 Å². The monoisotopic (exact) mass is 311 g/mol. The molecule has 0 aliphatic carbocycles. The molecule has 2 atom stereocenters. The van der Waals surface area contributed by atoms with Crippen LogP contribution in [-0.2, 0) is 11.3 Å². The summed E-state index contributed by atoms with van der Waals surface area (Å²) in [5.41, 5.74) is 0. The molecule has 1 saturated heterocycles. The standard InChI is InChI=1S/C13H18ClN5O2/c1-9-6-18(3-4-19-7-11(14)5-15-19)8-12(20-9)13-17-16-10(2)21-13/h5,7,9,12H,3-4,6,8H2,1-2H3/t9-,12-/m1/s1. The lowest BCUT2D eigenvalue weighted by atomic mass is 10.2. The fraction of sp³-hybridized carbons (Fsp3) is 0.615. The van der Waals surface area contributed by atoms with Crippen LogP contribution in [0.4, 0.5) is 0 Å². The minimum atomic E-state index is -0.170. The predicted molar refractivity (Wildman–Crippen MR) is 76.0 cm³/mol. The fourth-order valence-corrected chi connectivity index (χ4v) is 2.66. The third-order valence-corrected chi connectivity index (χ3v) is 3.60. The lowest BCUT2D eigenvalue weighted by Gasteiger charge is -2.35. The van der Waals surface area contributed by atoms with E-state index >= 15 is 0 Å². The number of hydrogen-bond donors (Lipinski definition) is 0. The second kappa shape index (κ2) is 6.13. The van der Waals surface area contributed by atoms with E-state index < -0.39 is 0 Å². The van der Waals surface area contributed by atoms with Crippen molar-refractivity contribution in [2.24, 2.45) is 0 Å². The van der Waals surface area contributed by atoms with Crippen LogP contribution in [0.15, 0.2) is 16.8 Å². The van der Waals surface area contributed by atoms with Crippen molar-refractivity contribution >= 4 is 11.6 Å². The van der Waals surface area contributed by atoms with Gasteiger partial charge < -0.3 is 9.15 Å². The van der Waals surface area contributed by atoms with E-state index in [1.54, 1.807) is 13.1 Å². The maximum atomic E-state index is 5.89. The molecule has 0 spiro atoms. The van der Waals surface area contributed by atoms with Gasteiger partial charge in [0.25, 0.3) is 0 Å². The van der Waals surface area contributed by atoms with Gasteiger partial charge in [0.15, 0.2) is 0 Å². The highest BCUT2D eigenvalue weighted by atomic mass is 35.5. The highest BCUT2D eigenvalue weighted by molar-refractivity contribution is 6.30. The van der Waals surface area contributed by atoms with Gasteiger partial charge in [0.1, 0.15) is 6.10 Å². The summed E-state index contributed by atoms with van der Waals surface area (Å²) in [6.07, 6.45) is 3.42. The number of aryl methyl sites for hydroxylation is 1. The second-order valence-electron chi connectivity index (χ2n) is 5.28. The largest absolute Gasteiger partial charge is 0.423 e. The molecule has 0 radical (unpaired) electrons. The Hall–Kier alpha value is -1.44. The van der Waals surface area contributed by atoms with Crippen LogP contribution in [0.5, 0.6) is 0 Å². The number of ether oxygens (including phenoxy) is 1. The van der Waals surface area contributed by atoms with Crippen molar-refractivity contribution in [2.45, 2.75) is 32.6 Å². The van der Waals surface area contributed by atoms with Crippen molar-refractivity contribution in [3.8, 4) is 0 Å². The third kappa shape index (κ3) is 3.61. The topological polar surface area (TPSA) is 69.2 Å². The molecule has 0 amide bonds. The minimum Gasteiger partial charge on any atom is -0.423 e. The Balaban J connectivity index is 1.60. The molecule has 0 unspecified atom stereocenters. The number of morpholine rings is 1. The smallest absolute Gasteiger partial charge is 0.246 e. The molecule has 3 heterocycles. The molecular weight excluding hydrogens is 294 g/mol. The normalized spacial score (nSPS) is 23.6. The number of aromatic nitrogens is 4. The molecular formula is C13H18ClN5O2. The number of rotatable bonds is 4. The summed E-state index contributed by atoms with van der Waals surface area (Å²) in [7, 11) is 0. The molecule has 1 aliphatic heterocycles. The van der Waals surface area contributed by atoms with Crippen molar-refractivity contribution in [3.63, 3.8) is 0 Å². The second-order valence-corrected chi connectivity index (χ2v) is 5.71. The van der Waals surface area contributed by atoms with Gasteiger partial charge in [0, 0.05) is 32.8 Å². The van der Waals surface area contributed by atoms with Gasteiger partial charge >= 0.3 is 0 Å². The van der Waals surface area contributed by atoms with Crippen molar-refractivity contribution < 1.29 is 9.15 Å². The molecule has 0 bridgehead atoms. The Bertz CT molecular complexity index is 599. The molecule has 2 aromatic heterocycles. The van der Waals surface area contributed by atoms with E-state index in [1.807, 2.05) is 17.8 Å². The molecule has 21 heavy (non-hydrogen) atoms. The molecule has 2 aromatic rings.